The molecule has 6 heteroatoms. The van der Waals surface area contributed by atoms with Crippen LogP contribution in [0.3, 0.4) is 0 Å². The van der Waals surface area contributed by atoms with Gasteiger partial charge >= 0.3 is 6.03 Å². The molecule has 2 amide bonds. The van der Waals surface area contributed by atoms with Gasteiger partial charge in [0.05, 0.1) is 12.3 Å². The number of carbonyl (C=O) groups is 1. The van der Waals surface area contributed by atoms with Crippen LogP contribution in [0.2, 0.25) is 0 Å². The van der Waals surface area contributed by atoms with Crippen molar-refractivity contribution >= 4 is 17.4 Å². The van der Waals surface area contributed by atoms with Gasteiger partial charge in [-0.3, -0.25) is 4.90 Å². The van der Waals surface area contributed by atoms with Crippen molar-refractivity contribution in [3.05, 3.63) is 46.0 Å². The smallest absolute Gasteiger partial charge is 0.317 e. The molecular formula is C16H21N3O2S. The summed E-state index contributed by atoms with van der Waals surface area (Å²) < 4.78 is 5.47. The summed E-state index contributed by atoms with van der Waals surface area (Å²) in [5, 5.41) is 5.14. The molecule has 0 aliphatic carbocycles. The number of furan rings is 1. The van der Waals surface area contributed by atoms with Crippen LogP contribution in [0.25, 0.3) is 0 Å². The number of hydrogen-bond donors (Lipinski definition) is 1. The van der Waals surface area contributed by atoms with Crippen LogP contribution in [0.5, 0.6) is 0 Å². The van der Waals surface area contributed by atoms with Gasteiger partial charge in [-0.1, -0.05) is 0 Å². The highest BCUT2D eigenvalue weighted by Gasteiger charge is 2.23. The molecule has 0 unspecified atom stereocenters. The SMILES string of the molecule is CN(C)[C@@H](CNC(=O)N1CCc2sccc2C1)c1ccco1. The van der Waals surface area contributed by atoms with Crippen molar-refractivity contribution in [1.29, 1.82) is 0 Å². The van der Waals surface area contributed by atoms with E-state index in [1.54, 1.807) is 17.6 Å². The lowest BCUT2D eigenvalue weighted by molar-refractivity contribution is 0.185. The van der Waals surface area contributed by atoms with E-state index in [1.165, 1.54) is 10.4 Å². The third kappa shape index (κ3) is 3.18. The fourth-order valence-electron chi connectivity index (χ4n) is 2.74. The first-order valence-corrected chi connectivity index (χ1v) is 8.31. The van der Waals surface area contributed by atoms with Crippen molar-refractivity contribution < 1.29 is 9.21 Å². The number of amides is 2. The lowest BCUT2D eigenvalue weighted by Crippen LogP contribution is -2.44. The topological polar surface area (TPSA) is 48.7 Å². The van der Waals surface area contributed by atoms with Crippen molar-refractivity contribution in [2.24, 2.45) is 0 Å². The Balaban J connectivity index is 1.58. The molecule has 118 valence electrons. The summed E-state index contributed by atoms with van der Waals surface area (Å²) >= 11 is 1.78. The molecule has 0 saturated heterocycles. The van der Waals surface area contributed by atoms with E-state index in [0.717, 1.165) is 18.7 Å². The number of carbonyl (C=O) groups excluding carboxylic acids is 1. The van der Waals surface area contributed by atoms with Crippen LogP contribution in [0, 0.1) is 0 Å². The number of likely N-dealkylation sites (N-methyl/N-ethyl adjacent to an activating group) is 1. The molecule has 3 heterocycles. The molecule has 2 aromatic rings. The number of nitrogens with zero attached hydrogens (tertiary/aromatic N) is 2. The van der Waals surface area contributed by atoms with Crippen molar-refractivity contribution in [3.8, 4) is 0 Å². The number of fused-ring (bicyclic) bond motifs is 1. The summed E-state index contributed by atoms with van der Waals surface area (Å²) in [7, 11) is 3.97. The predicted octanol–water partition coefficient (Wildman–Crippen LogP) is 2.71. The Kier molecular flexibility index (Phi) is 4.49. The average Bonchev–Trinajstić information content (AvgIpc) is 3.17. The van der Waals surface area contributed by atoms with Gasteiger partial charge in [0.1, 0.15) is 5.76 Å². The van der Waals surface area contributed by atoms with E-state index < -0.39 is 0 Å². The van der Waals surface area contributed by atoms with Gasteiger partial charge in [-0.2, -0.15) is 0 Å². The highest BCUT2D eigenvalue weighted by Crippen LogP contribution is 2.24. The maximum atomic E-state index is 12.4. The van der Waals surface area contributed by atoms with E-state index in [2.05, 4.69) is 16.8 Å². The maximum absolute atomic E-state index is 12.4. The Morgan fingerprint density at radius 2 is 2.36 bits per heavy atom. The minimum absolute atomic E-state index is 0.00439. The minimum Gasteiger partial charge on any atom is -0.468 e. The van der Waals surface area contributed by atoms with Gasteiger partial charge in [-0.05, 0) is 49.7 Å². The number of rotatable bonds is 4. The van der Waals surface area contributed by atoms with Crippen LogP contribution >= 0.6 is 11.3 Å². The van der Waals surface area contributed by atoms with E-state index >= 15 is 0 Å². The van der Waals surface area contributed by atoms with Crippen LogP contribution in [0.1, 0.15) is 22.2 Å². The zero-order valence-corrected chi connectivity index (χ0v) is 13.7. The summed E-state index contributed by atoms with van der Waals surface area (Å²) in [6.45, 7) is 2.02. The molecule has 3 rings (SSSR count). The first-order chi connectivity index (χ1) is 10.6. The van der Waals surface area contributed by atoms with Gasteiger partial charge in [-0.15, -0.1) is 11.3 Å². The van der Waals surface area contributed by atoms with Gasteiger partial charge < -0.3 is 14.6 Å². The highest BCUT2D eigenvalue weighted by molar-refractivity contribution is 7.10. The fourth-order valence-corrected chi connectivity index (χ4v) is 3.63. The molecule has 2 aromatic heterocycles. The molecule has 22 heavy (non-hydrogen) atoms. The Morgan fingerprint density at radius 3 is 3.09 bits per heavy atom. The lowest BCUT2D eigenvalue weighted by atomic mass is 10.1. The third-order valence-corrected chi connectivity index (χ3v) is 5.06. The Labute approximate surface area is 134 Å². The molecule has 0 aromatic carbocycles. The van der Waals surface area contributed by atoms with Crippen LogP contribution in [-0.4, -0.2) is 43.0 Å². The van der Waals surface area contributed by atoms with Crippen molar-refractivity contribution in [2.75, 3.05) is 27.2 Å². The molecule has 1 aliphatic heterocycles. The summed E-state index contributed by atoms with van der Waals surface area (Å²) in [6.07, 6.45) is 2.62. The van der Waals surface area contributed by atoms with Gasteiger partial charge in [-0.25, -0.2) is 4.79 Å². The van der Waals surface area contributed by atoms with Crippen molar-refractivity contribution in [2.45, 2.75) is 19.0 Å². The van der Waals surface area contributed by atoms with Crippen molar-refractivity contribution in [3.63, 3.8) is 0 Å². The molecule has 0 bridgehead atoms. The van der Waals surface area contributed by atoms with E-state index in [-0.39, 0.29) is 12.1 Å². The molecular weight excluding hydrogens is 298 g/mol. The first kappa shape index (κ1) is 15.1. The Hall–Kier alpha value is -1.79. The van der Waals surface area contributed by atoms with Gasteiger partial charge in [0, 0.05) is 24.5 Å². The summed E-state index contributed by atoms with van der Waals surface area (Å²) in [4.78, 5) is 17.7. The first-order valence-electron chi connectivity index (χ1n) is 7.43. The molecule has 0 radical (unpaired) electrons. The van der Waals surface area contributed by atoms with E-state index in [1.807, 2.05) is 36.0 Å². The van der Waals surface area contributed by atoms with E-state index in [4.69, 9.17) is 4.42 Å². The van der Waals surface area contributed by atoms with Crippen molar-refractivity contribution in [1.82, 2.24) is 15.1 Å². The second-order valence-corrected chi connectivity index (χ2v) is 6.72. The summed E-state index contributed by atoms with van der Waals surface area (Å²) in [5.41, 5.74) is 1.28. The summed E-state index contributed by atoms with van der Waals surface area (Å²) in [6, 6.07) is 5.96. The number of hydrogen-bond acceptors (Lipinski definition) is 4. The maximum Gasteiger partial charge on any atom is 0.317 e. The monoisotopic (exact) mass is 319 g/mol. The fraction of sp³-hybridized carbons (Fsp3) is 0.438. The molecule has 1 aliphatic rings. The normalized spacial score (nSPS) is 15.7. The third-order valence-electron chi connectivity index (χ3n) is 4.04. The molecule has 0 fully saturated rings. The Morgan fingerprint density at radius 1 is 1.50 bits per heavy atom. The largest absolute Gasteiger partial charge is 0.468 e. The number of urea groups is 1. The zero-order chi connectivity index (χ0) is 15.5. The molecule has 1 N–H and O–H groups in total. The van der Waals surface area contributed by atoms with Gasteiger partial charge in [0.15, 0.2) is 0 Å². The zero-order valence-electron chi connectivity index (χ0n) is 12.9. The second-order valence-electron chi connectivity index (χ2n) is 5.72. The average molecular weight is 319 g/mol. The standard InChI is InChI=1S/C16H21N3O2S/c1-18(2)13(14-4-3-8-21-14)10-17-16(20)19-7-5-15-12(11-19)6-9-22-15/h3-4,6,8-9,13H,5,7,10-11H2,1-2H3,(H,17,20)/t13-/m0/s1. The van der Waals surface area contributed by atoms with E-state index in [9.17, 15) is 4.79 Å². The minimum atomic E-state index is -0.00439. The van der Waals surface area contributed by atoms with Crippen LogP contribution in [-0.2, 0) is 13.0 Å². The molecule has 0 spiro atoms. The molecule has 1 atom stereocenters. The number of nitrogens with one attached hydrogen (secondary N) is 1. The number of thiophene rings is 1. The highest BCUT2D eigenvalue weighted by atomic mass is 32.1. The lowest BCUT2D eigenvalue weighted by Gasteiger charge is -2.29. The van der Waals surface area contributed by atoms with Crippen LogP contribution in [0.15, 0.2) is 34.3 Å². The van der Waals surface area contributed by atoms with Crippen LogP contribution < -0.4 is 5.32 Å². The van der Waals surface area contributed by atoms with Gasteiger partial charge in [0.25, 0.3) is 0 Å². The summed E-state index contributed by atoms with van der Waals surface area (Å²) in [5.74, 6) is 0.865. The van der Waals surface area contributed by atoms with E-state index in [0.29, 0.717) is 13.1 Å². The Bertz CT molecular complexity index is 621. The predicted molar refractivity (Wildman–Crippen MR) is 87.0 cm³/mol. The molecule has 5 nitrogen and oxygen atoms in total. The van der Waals surface area contributed by atoms with Crippen LogP contribution in [0.4, 0.5) is 4.79 Å². The molecule has 0 saturated carbocycles. The van der Waals surface area contributed by atoms with Gasteiger partial charge in [0.2, 0.25) is 0 Å². The quantitative estimate of drug-likeness (QED) is 0.942. The second kappa shape index (κ2) is 6.54.